The number of rotatable bonds is 11. The van der Waals surface area contributed by atoms with Gasteiger partial charge < -0.3 is 25.2 Å². The molecule has 3 aromatic rings. The van der Waals surface area contributed by atoms with Crippen molar-refractivity contribution >= 4 is 50.5 Å². The van der Waals surface area contributed by atoms with Gasteiger partial charge >= 0.3 is 0 Å². The Bertz CT molecular complexity index is 1400. The number of hydrogen-bond donors (Lipinski definition) is 3. The highest BCUT2D eigenvalue weighted by atomic mass is 35.5. The van der Waals surface area contributed by atoms with Gasteiger partial charge in [0.05, 0.1) is 24.7 Å². The summed E-state index contributed by atoms with van der Waals surface area (Å²) in [6.45, 7) is 6.12. The average Bonchev–Trinajstić information content (AvgIpc) is 3.41. The minimum atomic E-state index is -3.75. The third-order valence-corrected chi connectivity index (χ3v) is 8.30. The molecule has 0 spiro atoms. The number of methoxy groups -OCH3 is 1. The summed E-state index contributed by atoms with van der Waals surface area (Å²) in [7, 11) is 2.07. The second kappa shape index (κ2) is 12.4. The first-order valence-corrected chi connectivity index (χ1v) is 14.7. The van der Waals surface area contributed by atoms with Crippen molar-refractivity contribution in [2.45, 2.75) is 31.2 Å². The number of likely N-dealkylation sites (N-methyl/N-ethyl adjacent to an activating group) is 1. The van der Waals surface area contributed by atoms with Gasteiger partial charge in [0.15, 0.2) is 5.82 Å². The smallest absolute Gasteiger partial charge is 0.242 e. The van der Waals surface area contributed by atoms with E-state index in [-0.39, 0.29) is 27.6 Å². The molecule has 1 fully saturated rings. The van der Waals surface area contributed by atoms with E-state index in [4.69, 9.17) is 16.3 Å². The molecular weight excluding hydrogens is 538 g/mol. The monoisotopic (exact) mass is 573 g/mol. The molecule has 1 aliphatic rings. The maximum absolute atomic E-state index is 13.0. The molecule has 12 heteroatoms. The van der Waals surface area contributed by atoms with Crippen LogP contribution in [0, 0.1) is 5.92 Å². The third-order valence-electron chi connectivity index (χ3n) is 6.54. The van der Waals surface area contributed by atoms with E-state index >= 15 is 0 Å². The third kappa shape index (κ3) is 7.10. The fraction of sp³-hybridized carbons (Fsp3) is 0.407. The van der Waals surface area contributed by atoms with Crippen molar-refractivity contribution in [3.05, 3.63) is 53.7 Å². The molecule has 210 valence electrons. The Hall–Kier alpha value is -3.12. The number of halogens is 1. The topological polar surface area (TPSA) is 112 Å². The quantitative estimate of drug-likeness (QED) is 0.300. The van der Waals surface area contributed by atoms with E-state index in [1.165, 1.54) is 12.3 Å². The normalized spacial score (nSPS) is 15.7. The summed E-state index contributed by atoms with van der Waals surface area (Å²) in [6.07, 6.45) is 2.56. The average molecular weight is 574 g/mol. The maximum atomic E-state index is 13.0. The van der Waals surface area contributed by atoms with Crippen molar-refractivity contribution in [2.75, 3.05) is 56.4 Å². The fourth-order valence-corrected chi connectivity index (χ4v) is 5.82. The highest BCUT2D eigenvalue weighted by molar-refractivity contribution is 7.89. The Morgan fingerprint density at radius 3 is 2.62 bits per heavy atom. The maximum Gasteiger partial charge on any atom is 0.242 e. The largest absolute Gasteiger partial charge is 0.495 e. The van der Waals surface area contributed by atoms with E-state index in [1.54, 1.807) is 25.3 Å². The fourth-order valence-electron chi connectivity index (χ4n) is 4.31. The van der Waals surface area contributed by atoms with Gasteiger partial charge in [-0.25, -0.2) is 18.1 Å². The Morgan fingerprint density at radius 2 is 1.92 bits per heavy atom. The lowest BCUT2D eigenvalue weighted by Crippen LogP contribution is -2.31. The molecule has 1 aromatic heterocycles. The van der Waals surface area contributed by atoms with Crippen LogP contribution in [0.25, 0.3) is 0 Å². The SMILES string of the molecule is COc1ccc(N2CC[C@H](N(C)C)C2)cc1Nc1ncc(Cl)c(Nc2ccccc2S(=O)(=O)NCC(C)C)n1. The number of para-hydroxylation sites is 1. The first kappa shape index (κ1) is 28.9. The summed E-state index contributed by atoms with van der Waals surface area (Å²) in [6, 6.07) is 13.1. The first-order chi connectivity index (χ1) is 18.6. The molecule has 0 aliphatic carbocycles. The van der Waals surface area contributed by atoms with Crippen molar-refractivity contribution in [1.29, 1.82) is 0 Å². The molecule has 10 nitrogen and oxygen atoms in total. The molecule has 1 atom stereocenters. The number of aromatic nitrogens is 2. The van der Waals surface area contributed by atoms with Gasteiger partial charge in [0.25, 0.3) is 0 Å². The summed E-state index contributed by atoms with van der Waals surface area (Å²) in [5, 5.41) is 6.56. The number of benzene rings is 2. The van der Waals surface area contributed by atoms with Crippen LogP contribution in [0.3, 0.4) is 0 Å². The van der Waals surface area contributed by atoms with E-state index in [1.807, 2.05) is 32.0 Å². The molecule has 39 heavy (non-hydrogen) atoms. The molecule has 2 heterocycles. The minimum Gasteiger partial charge on any atom is -0.495 e. The van der Waals surface area contributed by atoms with Crippen LogP contribution < -0.4 is 25.0 Å². The Labute approximate surface area is 235 Å². The molecule has 2 aromatic carbocycles. The van der Waals surface area contributed by atoms with Crippen LogP contribution in [-0.4, -0.2) is 70.2 Å². The number of nitrogens with one attached hydrogen (secondary N) is 3. The lowest BCUT2D eigenvalue weighted by Gasteiger charge is -2.23. The van der Waals surface area contributed by atoms with Gasteiger partial charge in [-0.05, 0) is 56.8 Å². The Morgan fingerprint density at radius 1 is 1.15 bits per heavy atom. The summed E-state index contributed by atoms with van der Waals surface area (Å²) in [5.74, 6) is 1.36. The number of ether oxygens (including phenoxy) is 1. The van der Waals surface area contributed by atoms with E-state index in [0.29, 0.717) is 29.7 Å². The number of anilines is 5. The Balaban J connectivity index is 1.58. The molecular formula is C27H36ClN7O3S. The molecule has 0 saturated carbocycles. The van der Waals surface area contributed by atoms with Crippen LogP contribution in [-0.2, 0) is 10.0 Å². The number of sulfonamides is 1. The number of nitrogens with zero attached hydrogens (tertiary/aromatic N) is 4. The first-order valence-electron chi connectivity index (χ1n) is 12.8. The number of hydrogen-bond acceptors (Lipinski definition) is 9. The summed E-state index contributed by atoms with van der Waals surface area (Å²) < 4.78 is 34.1. The summed E-state index contributed by atoms with van der Waals surface area (Å²) in [4.78, 5) is 13.6. The van der Waals surface area contributed by atoms with Gasteiger partial charge in [-0.1, -0.05) is 37.6 Å². The van der Waals surface area contributed by atoms with Crippen LogP contribution in [0.5, 0.6) is 5.75 Å². The van der Waals surface area contributed by atoms with Crippen LogP contribution in [0.1, 0.15) is 20.3 Å². The predicted molar refractivity (Wildman–Crippen MR) is 157 cm³/mol. The van der Waals surface area contributed by atoms with Crippen LogP contribution in [0.2, 0.25) is 5.02 Å². The minimum absolute atomic E-state index is 0.103. The van der Waals surface area contributed by atoms with Crippen molar-refractivity contribution in [2.24, 2.45) is 5.92 Å². The van der Waals surface area contributed by atoms with Gasteiger partial charge in [-0.3, -0.25) is 0 Å². The predicted octanol–water partition coefficient (Wildman–Crippen LogP) is 4.70. The van der Waals surface area contributed by atoms with E-state index in [2.05, 4.69) is 49.2 Å². The summed E-state index contributed by atoms with van der Waals surface area (Å²) in [5.41, 5.74) is 2.13. The van der Waals surface area contributed by atoms with Gasteiger partial charge in [-0.2, -0.15) is 4.98 Å². The van der Waals surface area contributed by atoms with E-state index in [9.17, 15) is 8.42 Å². The molecule has 0 radical (unpaired) electrons. The van der Waals surface area contributed by atoms with Gasteiger partial charge in [0, 0.05) is 31.4 Å². The highest BCUT2D eigenvalue weighted by Gasteiger charge is 2.25. The van der Waals surface area contributed by atoms with Crippen molar-refractivity contribution < 1.29 is 13.2 Å². The summed E-state index contributed by atoms with van der Waals surface area (Å²) >= 11 is 6.41. The Kier molecular flexibility index (Phi) is 9.16. The van der Waals surface area contributed by atoms with Gasteiger partial charge in [-0.15, -0.1) is 0 Å². The van der Waals surface area contributed by atoms with Gasteiger partial charge in [0.1, 0.15) is 15.7 Å². The lowest BCUT2D eigenvalue weighted by molar-refractivity contribution is 0.315. The second-order valence-electron chi connectivity index (χ2n) is 10.1. The molecule has 1 saturated heterocycles. The zero-order valence-corrected chi connectivity index (χ0v) is 24.5. The zero-order chi connectivity index (χ0) is 28.2. The highest BCUT2D eigenvalue weighted by Crippen LogP contribution is 2.34. The second-order valence-corrected chi connectivity index (χ2v) is 12.3. The van der Waals surface area contributed by atoms with Crippen molar-refractivity contribution in [3.8, 4) is 5.75 Å². The zero-order valence-electron chi connectivity index (χ0n) is 22.9. The van der Waals surface area contributed by atoms with E-state index < -0.39 is 10.0 Å². The lowest BCUT2D eigenvalue weighted by atomic mass is 10.2. The van der Waals surface area contributed by atoms with Gasteiger partial charge in [0.2, 0.25) is 16.0 Å². The molecule has 0 bridgehead atoms. The van der Waals surface area contributed by atoms with Crippen LogP contribution in [0.15, 0.2) is 53.6 Å². The van der Waals surface area contributed by atoms with Crippen LogP contribution >= 0.6 is 11.6 Å². The molecule has 0 amide bonds. The van der Waals surface area contributed by atoms with Crippen LogP contribution in [0.4, 0.5) is 28.8 Å². The molecule has 1 aliphatic heterocycles. The standard InChI is InChI=1S/C27H36ClN7O3S/c1-18(2)15-30-39(36,37)25-9-7-6-8-22(25)31-26-21(28)16-29-27(33-26)32-23-14-19(10-11-24(23)38-5)35-13-12-20(17-35)34(3)4/h6-11,14,16,18,20,30H,12-13,15,17H2,1-5H3,(H2,29,31,32,33)/t20-/m0/s1. The van der Waals surface area contributed by atoms with E-state index in [0.717, 1.165) is 25.2 Å². The molecule has 4 rings (SSSR count). The molecule has 0 unspecified atom stereocenters. The van der Waals surface area contributed by atoms with Crippen molar-refractivity contribution in [3.63, 3.8) is 0 Å². The molecule has 3 N–H and O–H groups in total. The van der Waals surface area contributed by atoms with Crippen molar-refractivity contribution in [1.82, 2.24) is 19.6 Å².